The number of aryl methyl sites for hydroxylation is 7. The fraction of sp³-hybridized carbons (Fsp3) is 0.469. The van der Waals surface area contributed by atoms with Gasteiger partial charge in [-0.2, -0.15) is 20.1 Å². The summed E-state index contributed by atoms with van der Waals surface area (Å²) in [5, 5.41) is 18.1. The maximum absolute atomic E-state index is 4.69. The minimum atomic E-state index is 0.585. The lowest BCUT2D eigenvalue weighted by Gasteiger charge is -2.12. The molecular weight excluding hydrogens is 594 g/mol. The minimum Gasteiger partial charge on any atom is -0.340 e. The monoisotopic (exact) mass is 635 g/mol. The van der Waals surface area contributed by atoms with Gasteiger partial charge in [0.2, 0.25) is 11.9 Å². The van der Waals surface area contributed by atoms with E-state index >= 15 is 0 Å². The number of aromatic nitrogens is 13. The molecule has 2 aliphatic rings. The summed E-state index contributed by atoms with van der Waals surface area (Å²) in [5.41, 5.74) is 3.94. The molecule has 244 valence electrons. The molecule has 47 heavy (non-hydrogen) atoms. The molecule has 8 rings (SSSR count). The minimum absolute atomic E-state index is 0.585. The van der Waals surface area contributed by atoms with E-state index in [1.807, 2.05) is 87.5 Å². The fourth-order valence-corrected chi connectivity index (χ4v) is 5.78. The predicted molar refractivity (Wildman–Crippen MR) is 179 cm³/mol. The van der Waals surface area contributed by atoms with Crippen LogP contribution in [0.25, 0.3) is 23.6 Å². The second-order valence-corrected chi connectivity index (χ2v) is 12.4. The number of pyridine rings is 1. The first-order valence-corrected chi connectivity index (χ1v) is 16.2. The van der Waals surface area contributed by atoms with Crippen molar-refractivity contribution in [2.45, 2.75) is 65.3 Å². The van der Waals surface area contributed by atoms with Crippen LogP contribution in [-0.2, 0) is 26.9 Å². The summed E-state index contributed by atoms with van der Waals surface area (Å²) in [7, 11) is 5.90. The molecule has 1 aliphatic carbocycles. The topological polar surface area (TPSA) is 141 Å². The van der Waals surface area contributed by atoms with Crippen molar-refractivity contribution in [1.29, 1.82) is 0 Å². The Morgan fingerprint density at radius 2 is 1.62 bits per heavy atom. The summed E-state index contributed by atoms with van der Waals surface area (Å²) >= 11 is 0. The SMILES string of the molecule is Cc1cc(C)n2nc(C=Cc3nc(N(C)C4CC4)nn3C)nc2n1.Cc1cccc2nc(CCc3nc(N4CCCC4)nn3C)nn12. The highest BCUT2D eigenvalue weighted by atomic mass is 15.4. The van der Waals surface area contributed by atoms with E-state index in [1.54, 1.807) is 9.20 Å². The quantitative estimate of drug-likeness (QED) is 0.243. The average Bonchev–Trinajstić information content (AvgIpc) is 3.51. The summed E-state index contributed by atoms with van der Waals surface area (Å²) < 4.78 is 7.29. The van der Waals surface area contributed by atoms with Gasteiger partial charge in [-0.3, -0.25) is 4.68 Å². The van der Waals surface area contributed by atoms with Crippen LogP contribution in [0.4, 0.5) is 11.9 Å². The van der Waals surface area contributed by atoms with Crippen LogP contribution in [0.15, 0.2) is 24.3 Å². The Labute approximate surface area is 273 Å². The van der Waals surface area contributed by atoms with Gasteiger partial charge in [0.1, 0.15) is 5.82 Å². The van der Waals surface area contributed by atoms with Crippen LogP contribution in [0, 0.1) is 20.8 Å². The molecule has 2 fully saturated rings. The molecule has 7 heterocycles. The number of anilines is 2. The molecule has 0 bridgehead atoms. The van der Waals surface area contributed by atoms with Gasteiger partial charge in [-0.1, -0.05) is 6.07 Å². The third-order valence-corrected chi connectivity index (χ3v) is 8.61. The summed E-state index contributed by atoms with van der Waals surface area (Å²) in [6, 6.07) is 8.60. The first kappa shape index (κ1) is 30.4. The van der Waals surface area contributed by atoms with Gasteiger partial charge < -0.3 is 9.80 Å². The van der Waals surface area contributed by atoms with Gasteiger partial charge in [0.05, 0.1) is 0 Å². The van der Waals surface area contributed by atoms with Crippen molar-refractivity contribution < 1.29 is 0 Å². The maximum atomic E-state index is 4.69. The van der Waals surface area contributed by atoms with E-state index < -0.39 is 0 Å². The van der Waals surface area contributed by atoms with Crippen molar-refractivity contribution in [3.05, 3.63) is 64.6 Å². The van der Waals surface area contributed by atoms with Crippen LogP contribution in [0.3, 0.4) is 0 Å². The normalized spacial score (nSPS) is 14.9. The number of rotatable bonds is 8. The van der Waals surface area contributed by atoms with Crippen LogP contribution in [0.5, 0.6) is 0 Å². The third kappa shape index (κ3) is 6.55. The van der Waals surface area contributed by atoms with E-state index in [2.05, 4.69) is 50.1 Å². The van der Waals surface area contributed by atoms with E-state index in [9.17, 15) is 0 Å². The molecule has 15 nitrogen and oxygen atoms in total. The fourth-order valence-electron chi connectivity index (χ4n) is 5.78. The van der Waals surface area contributed by atoms with Crippen LogP contribution in [0.1, 0.15) is 66.1 Å². The molecule has 6 aromatic heterocycles. The Kier molecular flexibility index (Phi) is 8.12. The van der Waals surface area contributed by atoms with Gasteiger partial charge in [0.15, 0.2) is 23.1 Å². The highest BCUT2D eigenvalue weighted by Gasteiger charge is 2.28. The second-order valence-electron chi connectivity index (χ2n) is 12.4. The first-order chi connectivity index (χ1) is 22.7. The Balaban J connectivity index is 0.000000150. The van der Waals surface area contributed by atoms with E-state index in [4.69, 9.17) is 4.98 Å². The molecule has 1 saturated carbocycles. The molecule has 15 heteroatoms. The molecule has 0 spiro atoms. The average molecular weight is 636 g/mol. The van der Waals surface area contributed by atoms with Crippen LogP contribution in [0.2, 0.25) is 0 Å². The van der Waals surface area contributed by atoms with Gasteiger partial charge in [0.25, 0.3) is 5.78 Å². The van der Waals surface area contributed by atoms with Gasteiger partial charge in [-0.25, -0.2) is 23.7 Å². The van der Waals surface area contributed by atoms with Crippen molar-refractivity contribution >= 4 is 35.5 Å². The Hall–Kier alpha value is -5.21. The Bertz CT molecular complexity index is 2050. The zero-order chi connectivity index (χ0) is 32.7. The number of nitrogens with zero attached hydrogens (tertiary/aromatic N) is 15. The van der Waals surface area contributed by atoms with Crippen molar-refractivity contribution in [1.82, 2.24) is 63.7 Å². The molecule has 0 amide bonds. The molecule has 0 aromatic carbocycles. The molecule has 0 atom stereocenters. The lowest BCUT2D eigenvalue weighted by Crippen LogP contribution is -2.20. The summed E-state index contributed by atoms with van der Waals surface area (Å²) in [5.74, 6) is 5.45. The molecule has 0 radical (unpaired) electrons. The van der Waals surface area contributed by atoms with E-state index in [1.165, 1.54) is 25.7 Å². The van der Waals surface area contributed by atoms with Crippen LogP contribution < -0.4 is 9.80 Å². The predicted octanol–water partition coefficient (Wildman–Crippen LogP) is 3.19. The number of hydrogen-bond acceptors (Lipinski definition) is 11. The molecule has 6 aromatic rings. The van der Waals surface area contributed by atoms with Gasteiger partial charge >= 0.3 is 0 Å². The molecule has 0 unspecified atom stereocenters. The van der Waals surface area contributed by atoms with Crippen molar-refractivity contribution in [2.75, 3.05) is 29.9 Å². The summed E-state index contributed by atoms with van der Waals surface area (Å²) in [6.07, 6.45) is 10.2. The first-order valence-electron chi connectivity index (χ1n) is 16.2. The zero-order valence-corrected chi connectivity index (χ0v) is 27.9. The van der Waals surface area contributed by atoms with Gasteiger partial charge in [-0.05, 0) is 76.8 Å². The molecule has 1 saturated heterocycles. The smallest absolute Gasteiger partial charge is 0.253 e. The van der Waals surface area contributed by atoms with Gasteiger partial charge in [0, 0.05) is 70.2 Å². The van der Waals surface area contributed by atoms with E-state index in [0.717, 1.165) is 78.0 Å². The Morgan fingerprint density at radius 1 is 0.809 bits per heavy atom. The summed E-state index contributed by atoms with van der Waals surface area (Å²) in [4.78, 5) is 27.1. The van der Waals surface area contributed by atoms with Crippen molar-refractivity contribution in [3.8, 4) is 0 Å². The summed E-state index contributed by atoms with van der Waals surface area (Å²) in [6.45, 7) is 8.12. The van der Waals surface area contributed by atoms with Gasteiger partial charge in [-0.15, -0.1) is 15.3 Å². The van der Waals surface area contributed by atoms with E-state index in [0.29, 0.717) is 17.6 Å². The number of hydrogen-bond donors (Lipinski definition) is 0. The molecule has 0 N–H and O–H groups in total. The van der Waals surface area contributed by atoms with Crippen LogP contribution >= 0.6 is 0 Å². The molecular formula is C32H41N15. The highest BCUT2D eigenvalue weighted by Crippen LogP contribution is 2.28. The number of fused-ring (bicyclic) bond motifs is 2. The standard InChI is InChI=1S/C16H20N8.C16H21N7/c1-10-9-11(2)24-15(17-10)18-13(20-24)7-8-14-19-16(21-23(14)4)22(3)12-5-6-12;1-12-6-5-7-15-17-13(19-23(12)15)8-9-14-18-16(20-21(14)2)22-10-3-4-11-22/h7-9,12H,5-6H2,1-4H3;5-7H,3-4,8-11H2,1-2H3. The second kappa shape index (κ2) is 12.5. The van der Waals surface area contributed by atoms with Crippen molar-refractivity contribution in [3.63, 3.8) is 0 Å². The van der Waals surface area contributed by atoms with Crippen LogP contribution in [-0.4, -0.2) is 89.9 Å². The zero-order valence-electron chi connectivity index (χ0n) is 27.9. The lowest BCUT2D eigenvalue weighted by atomic mass is 10.3. The lowest BCUT2D eigenvalue weighted by molar-refractivity contribution is 0.681. The van der Waals surface area contributed by atoms with E-state index in [-0.39, 0.29) is 0 Å². The van der Waals surface area contributed by atoms with Crippen molar-refractivity contribution in [2.24, 2.45) is 14.1 Å². The maximum Gasteiger partial charge on any atom is 0.253 e. The Morgan fingerprint density at radius 3 is 2.38 bits per heavy atom. The molecule has 1 aliphatic heterocycles. The highest BCUT2D eigenvalue weighted by molar-refractivity contribution is 5.64. The third-order valence-electron chi connectivity index (χ3n) is 8.61. The largest absolute Gasteiger partial charge is 0.340 e.